The van der Waals surface area contributed by atoms with Gasteiger partial charge in [0, 0.05) is 10.0 Å². The molecule has 3 aromatic carbocycles. The molecule has 0 unspecified atom stereocenters. The second kappa shape index (κ2) is 7.32. The summed E-state index contributed by atoms with van der Waals surface area (Å²) in [6.45, 7) is 0.446. The molecule has 0 amide bonds. The molecule has 1 heterocycles. The number of nitrogens with zero attached hydrogens (tertiary/aromatic N) is 2. The third-order valence-corrected chi connectivity index (χ3v) is 4.76. The highest BCUT2D eigenvalue weighted by molar-refractivity contribution is 9.10. The number of aromatic nitrogens is 2. The molecule has 4 aromatic rings. The molecule has 4 nitrogen and oxygen atoms in total. The van der Waals surface area contributed by atoms with Crippen molar-refractivity contribution >= 4 is 26.8 Å². The third-order valence-electron chi connectivity index (χ3n) is 4.23. The molecular weight excluding hydrogens is 409 g/mol. The summed E-state index contributed by atoms with van der Waals surface area (Å²) in [5.74, 6) is 0.104. The van der Waals surface area contributed by atoms with E-state index >= 15 is 0 Å². The molecule has 0 saturated carbocycles. The van der Waals surface area contributed by atoms with Crippen LogP contribution in [0.3, 0.4) is 0 Å². The summed E-state index contributed by atoms with van der Waals surface area (Å²) in [5, 5.41) is 0.520. The molecule has 0 aliphatic rings. The van der Waals surface area contributed by atoms with E-state index in [1.807, 2.05) is 36.4 Å². The topological polar surface area (TPSA) is 46.9 Å². The zero-order chi connectivity index (χ0) is 18.8. The molecule has 0 saturated heterocycles. The van der Waals surface area contributed by atoms with Gasteiger partial charge < -0.3 is 5.43 Å². The zero-order valence-electron chi connectivity index (χ0n) is 14.2. The Labute approximate surface area is 163 Å². The minimum absolute atomic E-state index is 0.197. The van der Waals surface area contributed by atoms with Crippen molar-refractivity contribution in [1.82, 2.24) is 9.66 Å². The number of hydrogen-bond donors (Lipinski definition) is 1. The second-order valence-electron chi connectivity index (χ2n) is 6.06. The molecule has 0 aliphatic carbocycles. The van der Waals surface area contributed by atoms with E-state index in [9.17, 15) is 9.18 Å². The van der Waals surface area contributed by atoms with Gasteiger partial charge in [-0.2, -0.15) is 0 Å². The quantitative estimate of drug-likeness (QED) is 0.516. The first kappa shape index (κ1) is 17.4. The lowest BCUT2D eigenvalue weighted by Crippen LogP contribution is -2.31. The Morgan fingerprint density at radius 1 is 0.963 bits per heavy atom. The van der Waals surface area contributed by atoms with Gasteiger partial charge in [-0.1, -0.05) is 40.2 Å². The first-order chi connectivity index (χ1) is 13.1. The molecule has 4 rings (SSSR count). The van der Waals surface area contributed by atoms with Gasteiger partial charge in [0.2, 0.25) is 0 Å². The molecule has 27 heavy (non-hydrogen) atoms. The van der Waals surface area contributed by atoms with Crippen LogP contribution >= 0.6 is 15.9 Å². The number of hydrogen-bond acceptors (Lipinski definition) is 3. The van der Waals surface area contributed by atoms with Crippen molar-refractivity contribution in [1.29, 1.82) is 0 Å². The van der Waals surface area contributed by atoms with Crippen LogP contribution in [0.5, 0.6) is 0 Å². The van der Waals surface area contributed by atoms with Gasteiger partial charge in [-0.25, -0.2) is 14.1 Å². The van der Waals surface area contributed by atoms with Crippen molar-refractivity contribution in [2.75, 3.05) is 5.43 Å². The summed E-state index contributed by atoms with van der Waals surface area (Å²) in [5.41, 5.74) is 5.23. The monoisotopic (exact) mass is 423 g/mol. The molecule has 0 bridgehead atoms. The lowest BCUT2D eigenvalue weighted by atomic mass is 10.2. The smallest absolute Gasteiger partial charge is 0.280 e. The number of rotatable bonds is 4. The van der Waals surface area contributed by atoms with Crippen LogP contribution in [0.25, 0.3) is 22.3 Å². The Morgan fingerprint density at radius 2 is 1.67 bits per heavy atom. The maximum atomic E-state index is 13.3. The van der Waals surface area contributed by atoms with Crippen LogP contribution in [0.2, 0.25) is 0 Å². The van der Waals surface area contributed by atoms with Crippen molar-refractivity contribution in [2.24, 2.45) is 0 Å². The summed E-state index contributed by atoms with van der Waals surface area (Å²) in [4.78, 5) is 17.7. The lowest BCUT2D eigenvalue weighted by Gasteiger charge is -2.15. The Bertz CT molecular complexity index is 1150. The van der Waals surface area contributed by atoms with Gasteiger partial charge >= 0.3 is 0 Å². The molecule has 1 aromatic heterocycles. The standard InChI is InChI=1S/C21H15BrFN3O/c22-16-9-5-14(6-10-16)13-24-26-20(15-7-11-17(23)12-8-15)25-19-4-2-1-3-18(19)21(26)27/h1-12,24H,13H2. The highest BCUT2D eigenvalue weighted by Crippen LogP contribution is 2.19. The van der Waals surface area contributed by atoms with Gasteiger partial charge in [0.25, 0.3) is 5.56 Å². The molecule has 0 radical (unpaired) electrons. The third kappa shape index (κ3) is 3.61. The minimum atomic E-state index is -0.337. The Hall–Kier alpha value is -2.99. The van der Waals surface area contributed by atoms with E-state index in [1.54, 1.807) is 24.3 Å². The van der Waals surface area contributed by atoms with Gasteiger partial charge in [-0.15, -0.1) is 0 Å². The van der Waals surface area contributed by atoms with E-state index in [2.05, 4.69) is 26.3 Å². The highest BCUT2D eigenvalue weighted by atomic mass is 79.9. The molecule has 1 N–H and O–H groups in total. The van der Waals surface area contributed by atoms with Gasteiger partial charge in [0.05, 0.1) is 17.4 Å². The van der Waals surface area contributed by atoms with E-state index < -0.39 is 0 Å². The Kier molecular flexibility index (Phi) is 4.73. The molecule has 0 fully saturated rings. The van der Waals surface area contributed by atoms with Crippen molar-refractivity contribution in [2.45, 2.75) is 6.54 Å². The van der Waals surface area contributed by atoms with Crippen molar-refractivity contribution in [3.05, 3.63) is 99.0 Å². The van der Waals surface area contributed by atoms with Crippen LogP contribution in [0.1, 0.15) is 5.56 Å². The van der Waals surface area contributed by atoms with Gasteiger partial charge in [-0.05, 0) is 54.1 Å². The summed E-state index contributed by atoms with van der Waals surface area (Å²) in [6.07, 6.45) is 0. The number of halogens is 2. The van der Waals surface area contributed by atoms with Crippen molar-refractivity contribution < 1.29 is 4.39 Å². The summed E-state index contributed by atoms with van der Waals surface area (Å²) >= 11 is 3.41. The molecular formula is C21H15BrFN3O. The van der Waals surface area contributed by atoms with E-state index in [4.69, 9.17) is 0 Å². The Balaban J connectivity index is 1.82. The SMILES string of the molecule is O=c1c2ccccc2nc(-c2ccc(F)cc2)n1NCc1ccc(Br)cc1. The fourth-order valence-electron chi connectivity index (χ4n) is 2.84. The average Bonchev–Trinajstić information content (AvgIpc) is 2.69. The van der Waals surface area contributed by atoms with Crippen LogP contribution in [0, 0.1) is 5.82 Å². The van der Waals surface area contributed by atoms with Crippen LogP contribution in [0.15, 0.2) is 82.1 Å². The first-order valence-corrected chi connectivity index (χ1v) is 9.17. The summed E-state index contributed by atoms with van der Waals surface area (Å²) in [7, 11) is 0. The normalized spacial score (nSPS) is 10.9. The number of para-hydroxylation sites is 1. The van der Waals surface area contributed by atoms with Gasteiger partial charge in [0.15, 0.2) is 5.82 Å². The minimum Gasteiger partial charge on any atom is -0.317 e. The van der Waals surface area contributed by atoms with E-state index in [1.165, 1.54) is 16.8 Å². The largest absolute Gasteiger partial charge is 0.317 e. The zero-order valence-corrected chi connectivity index (χ0v) is 15.8. The molecule has 0 spiro atoms. The number of fused-ring (bicyclic) bond motifs is 1. The predicted molar refractivity (Wildman–Crippen MR) is 109 cm³/mol. The second-order valence-corrected chi connectivity index (χ2v) is 6.98. The maximum Gasteiger partial charge on any atom is 0.280 e. The van der Waals surface area contributed by atoms with Crippen LogP contribution in [-0.2, 0) is 6.54 Å². The van der Waals surface area contributed by atoms with Crippen LogP contribution in [0.4, 0.5) is 4.39 Å². The van der Waals surface area contributed by atoms with E-state index in [-0.39, 0.29) is 11.4 Å². The Morgan fingerprint density at radius 3 is 2.41 bits per heavy atom. The number of nitrogens with one attached hydrogen (secondary N) is 1. The lowest BCUT2D eigenvalue weighted by molar-refractivity contribution is 0.628. The molecule has 134 valence electrons. The van der Waals surface area contributed by atoms with E-state index in [0.29, 0.717) is 28.8 Å². The molecule has 6 heteroatoms. The molecule has 0 atom stereocenters. The summed E-state index contributed by atoms with van der Waals surface area (Å²) in [6, 6.07) is 20.9. The van der Waals surface area contributed by atoms with Gasteiger partial charge in [0.1, 0.15) is 5.82 Å². The highest BCUT2D eigenvalue weighted by Gasteiger charge is 2.13. The van der Waals surface area contributed by atoms with Crippen LogP contribution < -0.4 is 11.0 Å². The van der Waals surface area contributed by atoms with Crippen molar-refractivity contribution in [3.8, 4) is 11.4 Å². The fourth-order valence-corrected chi connectivity index (χ4v) is 3.11. The molecule has 0 aliphatic heterocycles. The van der Waals surface area contributed by atoms with Crippen molar-refractivity contribution in [3.63, 3.8) is 0 Å². The predicted octanol–water partition coefficient (Wildman–Crippen LogP) is 4.71. The van der Waals surface area contributed by atoms with Crippen LogP contribution in [-0.4, -0.2) is 9.66 Å². The number of benzene rings is 3. The summed E-state index contributed by atoms with van der Waals surface area (Å²) < 4.78 is 15.7. The maximum absolute atomic E-state index is 13.3. The fraction of sp³-hybridized carbons (Fsp3) is 0.0476. The van der Waals surface area contributed by atoms with Gasteiger partial charge in [-0.3, -0.25) is 4.79 Å². The van der Waals surface area contributed by atoms with E-state index in [0.717, 1.165) is 10.0 Å². The first-order valence-electron chi connectivity index (χ1n) is 8.38. The average molecular weight is 424 g/mol.